The van der Waals surface area contributed by atoms with Crippen molar-refractivity contribution < 1.29 is 9.53 Å². The Balaban J connectivity index is 1.81. The molecule has 3 aromatic rings. The fraction of sp³-hybridized carbons (Fsp3) is 0.200. The number of ether oxygens (including phenoxy) is 1. The zero-order valence-electron chi connectivity index (χ0n) is 14.0. The van der Waals surface area contributed by atoms with Crippen LogP contribution in [-0.4, -0.2) is 31.2 Å². The lowest BCUT2D eigenvalue weighted by molar-refractivity contribution is 0.0947. The van der Waals surface area contributed by atoms with E-state index in [9.17, 15) is 9.59 Å². The van der Waals surface area contributed by atoms with E-state index in [0.717, 1.165) is 16.3 Å². The fourth-order valence-electron chi connectivity index (χ4n) is 2.69. The molecule has 0 radical (unpaired) electrons. The number of rotatable bonds is 6. The highest BCUT2D eigenvalue weighted by Gasteiger charge is 2.11. The smallest absolute Gasteiger partial charge is 0.261 e. The molecule has 0 unspecified atom stereocenters. The van der Waals surface area contributed by atoms with Crippen LogP contribution in [0, 0.1) is 0 Å². The van der Waals surface area contributed by atoms with Gasteiger partial charge in [-0.15, -0.1) is 0 Å². The van der Waals surface area contributed by atoms with E-state index in [-0.39, 0.29) is 11.5 Å². The molecule has 0 fully saturated rings. The molecule has 0 aliphatic heterocycles. The summed E-state index contributed by atoms with van der Waals surface area (Å²) in [7, 11) is 1.61. The Morgan fingerprint density at radius 3 is 2.64 bits per heavy atom. The van der Waals surface area contributed by atoms with Gasteiger partial charge in [-0.05, 0) is 41.0 Å². The molecule has 5 nitrogen and oxygen atoms in total. The number of H-pyrrole nitrogens is 1. The molecule has 0 atom stereocenters. The van der Waals surface area contributed by atoms with Gasteiger partial charge in [-0.3, -0.25) is 9.59 Å². The van der Waals surface area contributed by atoms with Gasteiger partial charge in [-0.1, -0.05) is 36.4 Å². The van der Waals surface area contributed by atoms with E-state index in [4.69, 9.17) is 4.74 Å². The molecule has 128 valence electrons. The lowest BCUT2D eigenvalue weighted by Crippen LogP contribution is -2.30. The molecule has 0 saturated heterocycles. The van der Waals surface area contributed by atoms with E-state index in [1.54, 1.807) is 19.2 Å². The molecule has 0 spiro atoms. The number of hydrogen-bond acceptors (Lipinski definition) is 3. The average Bonchev–Trinajstić information content (AvgIpc) is 2.64. The summed E-state index contributed by atoms with van der Waals surface area (Å²) in [5.41, 5.74) is 1.31. The number of aromatic amines is 1. The summed E-state index contributed by atoms with van der Waals surface area (Å²) in [5.74, 6) is -0.373. The van der Waals surface area contributed by atoms with E-state index in [1.807, 2.05) is 42.5 Å². The molecule has 2 aromatic carbocycles. The Hall–Kier alpha value is -2.92. The molecular formula is C20H20N2O3. The lowest BCUT2D eigenvalue weighted by atomic mass is 10.0. The third kappa shape index (κ3) is 3.95. The van der Waals surface area contributed by atoms with Crippen molar-refractivity contribution in [2.45, 2.75) is 6.42 Å². The van der Waals surface area contributed by atoms with Gasteiger partial charge in [0.05, 0.1) is 0 Å². The van der Waals surface area contributed by atoms with E-state index in [0.29, 0.717) is 25.3 Å². The van der Waals surface area contributed by atoms with Gasteiger partial charge in [0.1, 0.15) is 5.56 Å². The van der Waals surface area contributed by atoms with Crippen LogP contribution in [0.3, 0.4) is 0 Å². The van der Waals surface area contributed by atoms with Crippen LogP contribution in [0.2, 0.25) is 0 Å². The number of benzene rings is 2. The first-order chi connectivity index (χ1) is 12.2. The Morgan fingerprint density at radius 1 is 1.08 bits per heavy atom. The fourth-order valence-corrected chi connectivity index (χ4v) is 2.69. The zero-order chi connectivity index (χ0) is 17.6. The van der Waals surface area contributed by atoms with E-state index < -0.39 is 5.56 Å². The monoisotopic (exact) mass is 336 g/mol. The molecule has 5 heteroatoms. The number of pyridine rings is 1. The van der Waals surface area contributed by atoms with Gasteiger partial charge in [0.15, 0.2) is 0 Å². The number of carbonyl (C=O) groups is 1. The highest BCUT2D eigenvalue weighted by Crippen LogP contribution is 2.22. The van der Waals surface area contributed by atoms with Gasteiger partial charge in [-0.25, -0.2) is 0 Å². The number of carbonyl (C=O) groups excluding carboxylic acids is 1. The number of hydrogen-bond donors (Lipinski definition) is 2. The SMILES string of the molecule is COCCCNC(=O)c1ccc(-c2ccc3ccccc3c2)[nH]c1=O. The Kier molecular flexibility index (Phi) is 5.26. The van der Waals surface area contributed by atoms with Crippen LogP contribution < -0.4 is 10.9 Å². The maximum absolute atomic E-state index is 12.3. The minimum atomic E-state index is -0.394. The topological polar surface area (TPSA) is 71.2 Å². The quantitative estimate of drug-likeness (QED) is 0.680. The minimum Gasteiger partial charge on any atom is -0.385 e. The van der Waals surface area contributed by atoms with Gasteiger partial charge < -0.3 is 15.0 Å². The first-order valence-corrected chi connectivity index (χ1v) is 8.18. The second kappa shape index (κ2) is 7.77. The number of nitrogens with one attached hydrogen (secondary N) is 2. The van der Waals surface area contributed by atoms with Gasteiger partial charge in [0.25, 0.3) is 11.5 Å². The Labute approximate surface area is 145 Å². The normalized spacial score (nSPS) is 10.8. The number of methoxy groups -OCH3 is 1. The summed E-state index contributed by atoms with van der Waals surface area (Å²) in [4.78, 5) is 27.1. The first-order valence-electron chi connectivity index (χ1n) is 8.18. The Bertz CT molecular complexity index is 947. The van der Waals surface area contributed by atoms with Crippen LogP contribution in [0.1, 0.15) is 16.8 Å². The van der Waals surface area contributed by atoms with Gasteiger partial charge >= 0.3 is 0 Å². The number of amides is 1. The second-order valence-corrected chi connectivity index (χ2v) is 5.78. The van der Waals surface area contributed by atoms with Crippen molar-refractivity contribution in [3.05, 3.63) is 70.5 Å². The van der Waals surface area contributed by atoms with Crippen molar-refractivity contribution in [2.24, 2.45) is 0 Å². The van der Waals surface area contributed by atoms with Crippen molar-refractivity contribution in [3.8, 4) is 11.3 Å². The molecule has 3 rings (SSSR count). The zero-order valence-corrected chi connectivity index (χ0v) is 14.0. The predicted octanol–water partition coefficient (Wildman–Crippen LogP) is 2.96. The van der Waals surface area contributed by atoms with E-state index >= 15 is 0 Å². The van der Waals surface area contributed by atoms with E-state index in [2.05, 4.69) is 10.3 Å². The van der Waals surface area contributed by atoms with Gasteiger partial charge in [-0.2, -0.15) is 0 Å². The largest absolute Gasteiger partial charge is 0.385 e. The van der Waals surface area contributed by atoms with Crippen molar-refractivity contribution >= 4 is 16.7 Å². The van der Waals surface area contributed by atoms with E-state index in [1.165, 1.54) is 0 Å². The van der Waals surface area contributed by atoms with Crippen LogP contribution >= 0.6 is 0 Å². The lowest BCUT2D eigenvalue weighted by Gasteiger charge is -2.07. The maximum Gasteiger partial charge on any atom is 0.261 e. The van der Waals surface area contributed by atoms with Crippen molar-refractivity contribution in [3.63, 3.8) is 0 Å². The van der Waals surface area contributed by atoms with Crippen LogP contribution in [0.5, 0.6) is 0 Å². The van der Waals surface area contributed by atoms with Crippen molar-refractivity contribution in [1.82, 2.24) is 10.3 Å². The predicted molar refractivity (Wildman–Crippen MR) is 98.8 cm³/mol. The van der Waals surface area contributed by atoms with Crippen LogP contribution in [0.25, 0.3) is 22.0 Å². The van der Waals surface area contributed by atoms with Crippen molar-refractivity contribution in [2.75, 3.05) is 20.3 Å². The second-order valence-electron chi connectivity index (χ2n) is 5.78. The molecule has 1 heterocycles. The van der Waals surface area contributed by atoms with Crippen LogP contribution in [0.4, 0.5) is 0 Å². The highest BCUT2D eigenvalue weighted by molar-refractivity contribution is 5.94. The summed E-state index contributed by atoms with van der Waals surface area (Å²) in [6, 6.07) is 17.3. The molecule has 1 amide bonds. The summed E-state index contributed by atoms with van der Waals surface area (Å²) in [5, 5.41) is 4.96. The number of aromatic nitrogens is 1. The molecule has 25 heavy (non-hydrogen) atoms. The van der Waals surface area contributed by atoms with Gasteiger partial charge in [0.2, 0.25) is 0 Å². The third-order valence-electron chi connectivity index (χ3n) is 4.03. The highest BCUT2D eigenvalue weighted by atomic mass is 16.5. The molecular weight excluding hydrogens is 316 g/mol. The molecule has 2 N–H and O–H groups in total. The average molecular weight is 336 g/mol. The summed E-state index contributed by atoms with van der Waals surface area (Å²) in [6.45, 7) is 1.04. The maximum atomic E-state index is 12.3. The summed E-state index contributed by atoms with van der Waals surface area (Å²) in [6.07, 6.45) is 0.704. The summed E-state index contributed by atoms with van der Waals surface area (Å²) >= 11 is 0. The minimum absolute atomic E-state index is 0.113. The third-order valence-corrected chi connectivity index (χ3v) is 4.03. The summed E-state index contributed by atoms with van der Waals surface area (Å²) < 4.78 is 4.93. The Morgan fingerprint density at radius 2 is 1.88 bits per heavy atom. The molecule has 0 aliphatic rings. The molecule has 0 bridgehead atoms. The molecule has 0 aliphatic carbocycles. The number of fused-ring (bicyclic) bond motifs is 1. The van der Waals surface area contributed by atoms with Gasteiger partial charge in [0, 0.05) is 26.0 Å². The van der Waals surface area contributed by atoms with Crippen LogP contribution in [0.15, 0.2) is 59.4 Å². The first kappa shape index (κ1) is 16.9. The van der Waals surface area contributed by atoms with Crippen LogP contribution in [-0.2, 0) is 4.74 Å². The molecule has 1 aromatic heterocycles. The molecule has 0 saturated carbocycles. The standard InChI is InChI=1S/C20H20N2O3/c1-25-12-4-11-21-19(23)17-9-10-18(22-20(17)24)16-8-7-14-5-2-3-6-15(14)13-16/h2-3,5-10,13H,4,11-12H2,1H3,(H,21,23)(H,22,24). The van der Waals surface area contributed by atoms with Crippen molar-refractivity contribution in [1.29, 1.82) is 0 Å².